The van der Waals surface area contributed by atoms with Gasteiger partial charge in [0, 0.05) is 33.0 Å². The van der Waals surface area contributed by atoms with Crippen LogP contribution < -0.4 is 5.32 Å². The summed E-state index contributed by atoms with van der Waals surface area (Å²) < 4.78 is 6.80. The Morgan fingerprint density at radius 1 is 0.471 bits per heavy atom. The molecule has 9 aromatic rings. The number of nitrogens with zero attached hydrogens (tertiary/aromatic N) is 2. The largest absolute Gasteiger partial charge is 0.455 e. The number of fused-ring (bicyclic) bond motifs is 5. The smallest absolute Gasteiger partial charge is 0.159 e. The van der Waals surface area contributed by atoms with Crippen molar-refractivity contribution in [2.45, 2.75) is 6.17 Å². The molecule has 0 spiro atoms. The summed E-state index contributed by atoms with van der Waals surface area (Å²) in [6.45, 7) is 0. The van der Waals surface area contributed by atoms with Crippen LogP contribution in [0.25, 0.3) is 65.7 Å². The number of hydrogen-bond donors (Lipinski definition) is 1. The Balaban J connectivity index is 1.17. The molecule has 0 fully saturated rings. The first kappa shape index (κ1) is 29.2. The van der Waals surface area contributed by atoms with Crippen LogP contribution in [0.1, 0.15) is 22.9 Å². The lowest BCUT2D eigenvalue weighted by Crippen LogP contribution is -2.33. The fourth-order valence-corrected chi connectivity index (χ4v) is 7.51. The van der Waals surface area contributed by atoms with Gasteiger partial charge >= 0.3 is 0 Å². The monoisotopic (exact) mass is 653 g/mol. The van der Waals surface area contributed by atoms with Gasteiger partial charge in [-0.2, -0.15) is 0 Å². The topological polar surface area (TPSA) is 49.9 Å². The van der Waals surface area contributed by atoms with Crippen molar-refractivity contribution < 1.29 is 4.42 Å². The van der Waals surface area contributed by atoms with Crippen molar-refractivity contribution in [2.24, 2.45) is 9.98 Å². The first-order valence-corrected chi connectivity index (χ1v) is 17.3. The van der Waals surface area contributed by atoms with E-state index in [1.54, 1.807) is 0 Å². The van der Waals surface area contributed by atoms with E-state index in [-0.39, 0.29) is 0 Å². The van der Waals surface area contributed by atoms with Gasteiger partial charge in [-0.05, 0) is 50.4 Å². The molecule has 0 aliphatic carbocycles. The van der Waals surface area contributed by atoms with Crippen molar-refractivity contribution in [2.75, 3.05) is 0 Å². The lowest BCUT2D eigenvalue weighted by molar-refractivity contribution is 0.663. The average molecular weight is 654 g/mol. The van der Waals surface area contributed by atoms with E-state index in [1.165, 1.54) is 27.3 Å². The van der Waals surface area contributed by atoms with E-state index in [0.29, 0.717) is 5.84 Å². The molecule has 0 bridgehead atoms. The van der Waals surface area contributed by atoms with Gasteiger partial charge in [0.25, 0.3) is 0 Å². The summed E-state index contributed by atoms with van der Waals surface area (Å²) in [7, 11) is 0. The molecule has 1 unspecified atom stereocenters. The molecule has 4 nitrogen and oxygen atoms in total. The molecule has 4 heteroatoms. The molecule has 51 heavy (non-hydrogen) atoms. The van der Waals surface area contributed by atoms with Crippen molar-refractivity contribution in [3.8, 4) is 22.3 Å². The third-order valence-corrected chi connectivity index (χ3v) is 9.95. The highest BCUT2D eigenvalue weighted by molar-refractivity contribution is 6.17. The molecule has 1 N–H and O–H groups in total. The quantitative estimate of drug-likeness (QED) is 0.201. The van der Waals surface area contributed by atoms with E-state index in [0.717, 1.165) is 61.0 Å². The molecule has 2 heterocycles. The van der Waals surface area contributed by atoms with Gasteiger partial charge in [0.1, 0.15) is 23.2 Å². The van der Waals surface area contributed by atoms with Gasteiger partial charge in [0.05, 0.1) is 0 Å². The number of rotatable bonds is 5. The highest BCUT2D eigenvalue weighted by atomic mass is 16.3. The summed E-state index contributed by atoms with van der Waals surface area (Å²) >= 11 is 0. The fraction of sp³-hybridized carbons (Fsp3) is 0.0213. The SMILES string of the molecule is c1ccc(C2=NC(c3ccc(-c4ccc(-c5ccccc5)c5ccccc45)c4oc5ccccc5c34)NC(c3ccc4ccccc4c3)=N2)cc1. The van der Waals surface area contributed by atoms with Gasteiger partial charge in [-0.15, -0.1) is 0 Å². The van der Waals surface area contributed by atoms with Gasteiger partial charge in [-0.25, -0.2) is 9.98 Å². The van der Waals surface area contributed by atoms with Crippen molar-refractivity contribution in [3.05, 3.63) is 193 Å². The molecule has 1 aliphatic heterocycles. The van der Waals surface area contributed by atoms with Gasteiger partial charge in [0.2, 0.25) is 0 Å². The number of nitrogens with one attached hydrogen (secondary N) is 1. The Labute approximate surface area is 295 Å². The molecule has 0 saturated heterocycles. The minimum absolute atomic E-state index is 0.408. The third-order valence-electron chi connectivity index (χ3n) is 9.95. The number of benzene rings is 8. The van der Waals surface area contributed by atoms with Crippen molar-refractivity contribution in [1.29, 1.82) is 0 Å². The van der Waals surface area contributed by atoms with Crippen molar-refractivity contribution >= 4 is 55.2 Å². The van der Waals surface area contributed by atoms with E-state index >= 15 is 0 Å². The maximum absolute atomic E-state index is 6.80. The number of amidine groups is 2. The van der Waals surface area contributed by atoms with Crippen LogP contribution in [0.2, 0.25) is 0 Å². The van der Waals surface area contributed by atoms with Crippen LogP contribution in [0.3, 0.4) is 0 Å². The predicted octanol–water partition coefficient (Wildman–Crippen LogP) is 11.7. The van der Waals surface area contributed by atoms with E-state index in [9.17, 15) is 0 Å². The molecular formula is C47H31N3O. The highest BCUT2D eigenvalue weighted by Gasteiger charge is 2.26. The van der Waals surface area contributed by atoms with Crippen LogP contribution in [0.4, 0.5) is 0 Å². The van der Waals surface area contributed by atoms with Gasteiger partial charge in [-0.1, -0.05) is 164 Å². The van der Waals surface area contributed by atoms with Crippen molar-refractivity contribution in [1.82, 2.24) is 5.32 Å². The highest BCUT2D eigenvalue weighted by Crippen LogP contribution is 2.44. The first-order chi connectivity index (χ1) is 25.3. The number of para-hydroxylation sites is 1. The molecule has 0 saturated carbocycles. The average Bonchev–Trinajstić information content (AvgIpc) is 3.60. The predicted molar refractivity (Wildman–Crippen MR) is 211 cm³/mol. The van der Waals surface area contributed by atoms with Crippen LogP contribution in [-0.4, -0.2) is 11.7 Å². The minimum atomic E-state index is -0.408. The minimum Gasteiger partial charge on any atom is -0.455 e. The normalized spacial score (nSPS) is 14.5. The number of aliphatic imine (C=N–C) groups is 2. The zero-order valence-corrected chi connectivity index (χ0v) is 27.6. The maximum Gasteiger partial charge on any atom is 0.159 e. The Hall–Kier alpha value is -6.78. The second-order valence-electron chi connectivity index (χ2n) is 13.0. The zero-order chi connectivity index (χ0) is 33.7. The maximum atomic E-state index is 6.80. The molecule has 1 aromatic heterocycles. The van der Waals surface area contributed by atoms with E-state index in [2.05, 4.69) is 157 Å². The second-order valence-corrected chi connectivity index (χ2v) is 13.0. The van der Waals surface area contributed by atoms with Crippen LogP contribution in [0.5, 0.6) is 0 Å². The summed E-state index contributed by atoms with van der Waals surface area (Å²) in [5, 5.41) is 10.6. The second kappa shape index (κ2) is 12.0. The van der Waals surface area contributed by atoms with Crippen LogP contribution in [-0.2, 0) is 0 Å². The Morgan fingerprint density at radius 2 is 1.10 bits per heavy atom. The fourth-order valence-electron chi connectivity index (χ4n) is 7.51. The summed E-state index contributed by atoms with van der Waals surface area (Å²) in [5.41, 5.74) is 9.29. The Bertz CT molecular complexity index is 2830. The van der Waals surface area contributed by atoms with Crippen molar-refractivity contribution in [3.63, 3.8) is 0 Å². The van der Waals surface area contributed by atoms with Gasteiger partial charge in [0.15, 0.2) is 5.84 Å². The Morgan fingerprint density at radius 3 is 1.90 bits per heavy atom. The molecule has 0 radical (unpaired) electrons. The third kappa shape index (κ3) is 5.00. The standard InChI is InChI=1S/C47H31N3O/c1-3-14-31(15-4-1)35-25-26-38(37-20-10-9-19-36(35)37)39-27-28-41(43-40-21-11-12-22-42(40)51-44(39)43)47-49-45(32-16-5-2-6-17-32)48-46(50-47)34-24-23-30-13-7-8-18-33(30)29-34/h1-29,47H,(H,48,49,50). The molecule has 0 amide bonds. The number of furan rings is 1. The molecule has 1 aliphatic rings. The lowest BCUT2D eigenvalue weighted by Gasteiger charge is -2.25. The van der Waals surface area contributed by atoms with Crippen LogP contribution >= 0.6 is 0 Å². The summed E-state index contributed by atoms with van der Waals surface area (Å²) in [6.07, 6.45) is -0.408. The summed E-state index contributed by atoms with van der Waals surface area (Å²) in [4.78, 5) is 10.4. The Kier molecular flexibility index (Phi) is 6.85. The molecule has 8 aromatic carbocycles. The zero-order valence-electron chi connectivity index (χ0n) is 27.6. The van der Waals surface area contributed by atoms with E-state index in [1.807, 2.05) is 24.3 Å². The van der Waals surface area contributed by atoms with Crippen LogP contribution in [0.15, 0.2) is 190 Å². The van der Waals surface area contributed by atoms with E-state index in [4.69, 9.17) is 14.4 Å². The van der Waals surface area contributed by atoms with Gasteiger partial charge in [-0.3, -0.25) is 0 Å². The molecular weight excluding hydrogens is 623 g/mol. The summed E-state index contributed by atoms with van der Waals surface area (Å²) in [6, 6.07) is 61.6. The lowest BCUT2D eigenvalue weighted by atomic mass is 9.90. The number of hydrogen-bond acceptors (Lipinski definition) is 4. The summed E-state index contributed by atoms with van der Waals surface area (Å²) in [5.74, 6) is 1.47. The molecule has 240 valence electrons. The first-order valence-electron chi connectivity index (χ1n) is 17.3. The van der Waals surface area contributed by atoms with Gasteiger partial charge < -0.3 is 9.73 Å². The molecule has 1 atom stereocenters. The van der Waals surface area contributed by atoms with E-state index < -0.39 is 6.17 Å². The molecule has 10 rings (SSSR count). The van der Waals surface area contributed by atoms with Crippen LogP contribution in [0, 0.1) is 0 Å².